The van der Waals surface area contributed by atoms with Gasteiger partial charge in [0.15, 0.2) is 5.78 Å². The van der Waals surface area contributed by atoms with Crippen LogP contribution in [0, 0.1) is 0 Å². The average molecular weight is 463 g/mol. The van der Waals surface area contributed by atoms with E-state index in [4.69, 9.17) is 9.31 Å². The molecule has 176 valence electrons. The largest absolute Gasteiger partial charge is 0.494 e. The second-order valence-electron chi connectivity index (χ2n) is 11.0. The molecular formula is C30H30BNO3. The Morgan fingerprint density at radius 1 is 0.914 bits per heavy atom. The number of benzene rings is 2. The average Bonchev–Trinajstić information content (AvgIpc) is 3.11. The molecule has 1 saturated heterocycles. The molecule has 2 bridgehead atoms. The maximum Gasteiger partial charge on any atom is 0.494 e. The number of fused-ring (bicyclic) bond motifs is 1. The number of aromatic nitrogens is 1. The van der Waals surface area contributed by atoms with Crippen LogP contribution >= 0.6 is 0 Å². The monoisotopic (exact) mass is 463 g/mol. The third-order valence-corrected chi connectivity index (χ3v) is 8.57. The van der Waals surface area contributed by atoms with Gasteiger partial charge >= 0.3 is 7.12 Å². The molecule has 3 aromatic rings. The fraction of sp³-hybridized carbons (Fsp3) is 0.333. The molecule has 4 nitrogen and oxygen atoms in total. The van der Waals surface area contributed by atoms with E-state index in [2.05, 4.69) is 87.3 Å². The Morgan fingerprint density at radius 3 is 2.29 bits per heavy atom. The van der Waals surface area contributed by atoms with Crippen LogP contribution in [-0.4, -0.2) is 29.1 Å². The SMILES string of the molecule is CC1(C)OB(c2ccc(C3CC4C=CC3(C(=O)c3ccccn3)c3ccccc34)cc2)OC1(C)C. The summed E-state index contributed by atoms with van der Waals surface area (Å²) in [6.45, 7) is 8.27. The molecular weight excluding hydrogens is 433 g/mol. The van der Waals surface area contributed by atoms with E-state index in [1.54, 1.807) is 6.20 Å². The van der Waals surface area contributed by atoms with Gasteiger partial charge in [-0.2, -0.15) is 0 Å². The normalized spacial score (nSPS) is 27.6. The highest BCUT2D eigenvalue weighted by Crippen LogP contribution is 2.57. The molecule has 0 N–H and O–H groups in total. The zero-order chi connectivity index (χ0) is 24.4. The lowest BCUT2D eigenvalue weighted by molar-refractivity contribution is 0.00578. The van der Waals surface area contributed by atoms with E-state index in [-0.39, 0.29) is 22.9 Å². The molecule has 3 atom stereocenters. The second kappa shape index (κ2) is 7.74. The van der Waals surface area contributed by atoms with Crippen molar-refractivity contribution in [3.63, 3.8) is 0 Å². The summed E-state index contributed by atoms with van der Waals surface area (Å²) >= 11 is 0. The van der Waals surface area contributed by atoms with Crippen LogP contribution in [0.25, 0.3) is 0 Å². The lowest BCUT2D eigenvalue weighted by atomic mass is 9.52. The van der Waals surface area contributed by atoms with Gasteiger partial charge in [-0.15, -0.1) is 0 Å². The van der Waals surface area contributed by atoms with Gasteiger partial charge in [-0.25, -0.2) is 0 Å². The summed E-state index contributed by atoms with van der Waals surface area (Å²) in [5.74, 6) is 0.381. The van der Waals surface area contributed by atoms with Gasteiger partial charge in [0.2, 0.25) is 0 Å². The van der Waals surface area contributed by atoms with E-state index in [0.717, 1.165) is 23.0 Å². The van der Waals surface area contributed by atoms with E-state index in [9.17, 15) is 4.79 Å². The van der Waals surface area contributed by atoms with E-state index >= 15 is 0 Å². The lowest BCUT2D eigenvalue weighted by Crippen LogP contribution is -2.47. The molecule has 1 aliphatic heterocycles. The summed E-state index contributed by atoms with van der Waals surface area (Å²) in [5, 5.41) is 0. The fourth-order valence-electron chi connectivity index (χ4n) is 5.94. The fourth-order valence-corrected chi connectivity index (χ4v) is 5.94. The number of carbonyl (C=O) groups excluding carboxylic acids is 1. The Morgan fingerprint density at radius 2 is 1.60 bits per heavy atom. The summed E-state index contributed by atoms with van der Waals surface area (Å²) in [6, 6.07) is 22.4. The van der Waals surface area contributed by atoms with Crippen molar-refractivity contribution in [1.82, 2.24) is 4.98 Å². The van der Waals surface area contributed by atoms with Gasteiger partial charge in [0.1, 0.15) is 5.69 Å². The first kappa shape index (κ1) is 22.4. The number of hydrogen-bond acceptors (Lipinski definition) is 4. The van der Waals surface area contributed by atoms with Crippen molar-refractivity contribution in [3.05, 3.63) is 107 Å². The van der Waals surface area contributed by atoms with Crippen molar-refractivity contribution in [2.75, 3.05) is 0 Å². The second-order valence-corrected chi connectivity index (χ2v) is 11.0. The first-order valence-corrected chi connectivity index (χ1v) is 12.4. The van der Waals surface area contributed by atoms with E-state index in [0.29, 0.717) is 11.6 Å². The molecule has 3 aliphatic carbocycles. The maximum absolute atomic E-state index is 14.2. The molecule has 0 saturated carbocycles. The van der Waals surface area contributed by atoms with Crippen LogP contribution in [0.4, 0.5) is 0 Å². The molecule has 7 rings (SSSR count). The molecule has 0 spiro atoms. The number of hydrogen-bond donors (Lipinski definition) is 0. The van der Waals surface area contributed by atoms with Crippen LogP contribution in [0.3, 0.4) is 0 Å². The third-order valence-electron chi connectivity index (χ3n) is 8.57. The van der Waals surface area contributed by atoms with E-state index in [1.807, 2.05) is 24.3 Å². The minimum atomic E-state index is -0.772. The minimum Gasteiger partial charge on any atom is -0.399 e. The number of carbonyl (C=O) groups is 1. The summed E-state index contributed by atoms with van der Waals surface area (Å²) in [7, 11) is -0.401. The molecule has 4 aliphatic rings. The number of nitrogens with zero attached hydrogens (tertiary/aromatic N) is 1. The zero-order valence-electron chi connectivity index (χ0n) is 20.7. The number of rotatable bonds is 4. The first-order chi connectivity index (χ1) is 16.7. The lowest BCUT2D eigenvalue weighted by Gasteiger charge is -2.48. The smallest absolute Gasteiger partial charge is 0.399 e. The molecule has 1 fully saturated rings. The van der Waals surface area contributed by atoms with Crippen molar-refractivity contribution < 1.29 is 14.1 Å². The van der Waals surface area contributed by atoms with Gasteiger partial charge in [-0.3, -0.25) is 9.78 Å². The molecule has 1 aromatic heterocycles. The minimum absolute atomic E-state index is 0.0225. The predicted molar refractivity (Wildman–Crippen MR) is 138 cm³/mol. The van der Waals surface area contributed by atoms with Crippen LogP contribution < -0.4 is 5.46 Å². The van der Waals surface area contributed by atoms with Gasteiger partial charge in [-0.1, -0.05) is 66.7 Å². The molecule has 3 unspecified atom stereocenters. The molecule has 35 heavy (non-hydrogen) atoms. The highest BCUT2D eigenvalue weighted by atomic mass is 16.7. The molecule has 2 heterocycles. The van der Waals surface area contributed by atoms with Crippen molar-refractivity contribution in [3.8, 4) is 0 Å². The van der Waals surface area contributed by atoms with Crippen molar-refractivity contribution in [2.24, 2.45) is 0 Å². The number of allylic oxidation sites excluding steroid dienone is 2. The van der Waals surface area contributed by atoms with Crippen molar-refractivity contribution in [1.29, 1.82) is 0 Å². The van der Waals surface area contributed by atoms with Gasteiger partial charge in [0.25, 0.3) is 0 Å². The Labute approximate surface area is 207 Å². The molecule has 2 aromatic carbocycles. The highest BCUT2D eigenvalue weighted by Gasteiger charge is 2.54. The third kappa shape index (κ3) is 3.29. The number of Topliss-reactive ketones (excluding diaryl/α,β-unsaturated/α-hetero) is 1. The summed E-state index contributed by atoms with van der Waals surface area (Å²) in [5.41, 5.74) is 3.47. The molecule has 5 heteroatoms. The summed E-state index contributed by atoms with van der Waals surface area (Å²) in [6.07, 6.45) is 6.95. The standard InChI is InChI=1S/C30H30BNO3/c1-28(2)29(3,4)35-31(34-28)22-14-12-20(13-15-22)25-19-21-16-17-30(25,24-10-6-5-9-23(21)24)27(33)26-11-7-8-18-32-26/h5-18,21,25H,19H2,1-4H3. The Kier molecular flexibility index (Phi) is 4.97. The van der Waals surface area contributed by atoms with Crippen LogP contribution in [-0.2, 0) is 14.7 Å². The van der Waals surface area contributed by atoms with Crippen LogP contribution in [0.15, 0.2) is 85.1 Å². The predicted octanol–water partition coefficient (Wildman–Crippen LogP) is 5.34. The highest BCUT2D eigenvalue weighted by molar-refractivity contribution is 6.62. The Bertz CT molecular complexity index is 1300. The van der Waals surface area contributed by atoms with Gasteiger partial charge in [0, 0.05) is 18.0 Å². The maximum atomic E-state index is 14.2. The molecule has 0 amide bonds. The van der Waals surface area contributed by atoms with Crippen LogP contribution in [0.1, 0.15) is 73.1 Å². The quantitative estimate of drug-likeness (QED) is 0.298. The Balaban J connectivity index is 1.41. The first-order valence-electron chi connectivity index (χ1n) is 12.4. The van der Waals surface area contributed by atoms with Crippen LogP contribution in [0.5, 0.6) is 0 Å². The number of ketones is 1. The number of pyridine rings is 1. The van der Waals surface area contributed by atoms with Gasteiger partial charge < -0.3 is 9.31 Å². The topological polar surface area (TPSA) is 48.4 Å². The molecule has 0 radical (unpaired) electrons. The van der Waals surface area contributed by atoms with Crippen LogP contribution in [0.2, 0.25) is 0 Å². The van der Waals surface area contributed by atoms with Gasteiger partial charge in [0.05, 0.1) is 16.6 Å². The van der Waals surface area contributed by atoms with Gasteiger partial charge in [-0.05, 0) is 68.4 Å². The van der Waals surface area contributed by atoms with E-state index in [1.165, 1.54) is 5.56 Å². The van der Waals surface area contributed by atoms with E-state index < -0.39 is 12.5 Å². The summed E-state index contributed by atoms with van der Waals surface area (Å²) in [4.78, 5) is 18.6. The summed E-state index contributed by atoms with van der Waals surface area (Å²) < 4.78 is 12.5. The zero-order valence-corrected chi connectivity index (χ0v) is 20.7. The van der Waals surface area contributed by atoms with Crippen molar-refractivity contribution >= 4 is 18.4 Å². The Hall–Kier alpha value is -3.02. The van der Waals surface area contributed by atoms with Crippen molar-refractivity contribution in [2.45, 2.75) is 62.6 Å².